The summed E-state index contributed by atoms with van der Waals surface area (Å²) in [5.74, 6) is 0.172. The summed E-state index contributed by atoms with van der Waals surface area (Å²) in [6, 6.07) is 21.9. The van der Waals surface area contributed by atoms with Gasteiger partial charge in [-0.15, -0.1) is 0 Å². The van der Waals surface area contributed by atoms with Crippen LogP contribution in [0.5, 0.6) is 11.5 Å². The highest BCUT2D eigenvalue weighted by Crippen LogP contribution is 2.30. The Kier molecular flexibility index (Phi) is 6.51. The zero-order valence-electron chi connectivity index (χ0n) is 16.8. The maximum Gasteiger partial charge on any atom is 0.335 e. The first kappa shape index (κ1) is 20.7. The van der Waals surface area contributed by atoms with Crippen molar-refractivity contribution in [1.29, 1.82) is 5.26 Å². The number of nitriles is 1. The van der Waals surface area contributed by atoms with Crippen molar-refractivity contribution >= 4 is 17.6 Å². The fraction of sp³-hybridized carbons (Fsp3) is 0.120. The fourth-order valence-electron chi connectivity index (χ4n) is 3.00. The van der Waals surface area contributed by atoms with Gasteiger partial charge in [0.1, 0.15) is 6.61 Å². The molecular weight excluding hydrogens is 378 g/mol. The third-order valence-electron chi connectivity index (χ3n) is 4.54. The first-order valence-corrected chi connectivity index (χ1v) is 9.32. The van der Waals surface area contributed by atoms with Gasteiger partial charge in [0.2, 0.25) is 0 Å². The molecule has 0 saturated heterocycles. The Balaban J connectivity index is 1.81. The number of hydrogen-bond acceptors (Lipinski definition) is 4. The highest BCUT2D eigenvalue weighted by atomic mass is 16.5. The predicted octanol–water partition coefficient (Wildman–Crippen LogP) is 5.35. The van der Waals surface area contributed by atoms with Crippen molar-refractivity contribution in [2.24, 2.45) is 0 Å². The second-order valence-corrected chi connectivity index (χ2v) is 6.74. The van der Waals surface area contributed by atoms with Crippen molar-refractivity contribution in [2.75, 3.05) is 7.11 Å². The van der Waals surface area contributed by atoms with Gasteiger partial charge in [-0.1, -0.05) is 48.0 Å². The van der Waals surface area contributed by atoms with Crippen molar-refractivity contribution in [1.82, 2.24) is 0 Å². The van der Waals surface area contributed by atoms with E-state index in [-0.39, 0.29) is 5.56 Å². The lowest BCUT2D eigenvalue weighted by Gasteiger charge is -2.12. The molecule has 0 fully saturated rings. The van der Waals surface area contributed by atoms with Crippen molar-refractivity contribution in [3.05, 3.63) is 94.5 Å². The molecule has 0 unspecified atom stereocenters. The van der Waals surface area contributed by atoms with E-state index in [2.05, 4.69) is 12.1 Å². The normalized spacial score (nSPS) is 10.9. The number of methoxy groups -OCH3 is 1. The average molecular weight is 399 g/mol. The lowest BCUT2D eigenvalue weighted by atomic mass is 10.0. The van der Waals surface area contributed by atoms with Crippen molar-refractivity contribution < 1.29 is 19.4 Å². The van der Waals surface area contributed by atoms with Gasteiger partial charge < -0.3 is 14.6 Å². The highest BCUT2D eigenvalue weighted by Gasteiger charge is 2.08. The van der Waals surface area contributed by atoms with E-state index in [0.717, 1.165) is 11.1 Å². The summed E-state index contributed by atoms with van der Waals surface area (Å²) < 4.78 is 11.4. The van der Waals surface area contributed by atoms with Gasteiger partial charge in [-0.2, -0.15) is 5.26 Å². The van der Waals surface area contributed by atoms with E-state index >= 15 is 0 Å². The molecule has 0 atom stereocenters. The van der Waals surface area contributed by atoms with Gasteiger partial charge in [0, 0.05) is 0 Å². The van der Waals surface area contributed by atoms with E-state index in [4.69, 9.17) is 14.6 Å². The maximum absolute atomic E-state index is 11.0. The van der Waals surface area contributed by atoms with Crippen LogP contribution in [0, 0.1) is 18.3 Å². The number of benzene rings is 3. The van der Waals surface area contributed by atoms with Crippen LogP contribution >= 0.6 is 0 Å². The first-order valence-electron chi connectivity index (χ1n) is 9.32. The van der Waals surface area contributed by atoms with Crippen molar-refractivity contribution in [2.45, 2.75) is 13.5 Å². The zero-order valence-corrected chi connectivity index (χ0v) is 16.8. The Morgan fingerprint density at radius 3 is 2.40 bits per heavy atom. The number of nitrogens with zero attached hydrogens (tertiary/aromatic N) is 1. The second-order valence-electron chi connectivity index (χ2n) is 6.74. The summed E-state index contributed by atoms with van der Waals surface area (Å²) in [5.41, 5.74) is 4.24. The van der Waals surface area contributed by atoms with Crippen LogP contribution in [0.3, 0.4) is 0 Å². The number of carboxylic acids is 1. The Morgan fingerprint density at radius 1 is 1.03 bits per heavy atom. The van der Waals surface area contributed by atoms with Crippen LogP contribution in [-0.2, 0) is 6.61 Å². The molecule has 0 saturated carbocycles. The molecule has 0 aliphatic carbocycles. The molecule has 0 radical (unpaired) electrons. The summed E-state index contributed by atoms with van der Waals surface area (Å²) in [5, 5.41) is 18.6. The number of ether oxygens (including phenoxy) is 2. The third-order valence-corrected chi connectivity index (χ3v) is 4.54. The van der Waals surface area contributed by atoms with Gasteiger partial charge in [0.15, 0.2) is 11.5 Å². The maximum atomic E-state index is 11.0. The van der Waals surface area contributed by atoms with Crippen LogP contribution in [0.25, 0.3) is 11.6 Å². The molecule has 5 heteroatoms. The highest BCUT2D eigenvalue weighted by molar-refractivity contribution is 5.92. The molecule has 5 nitrogen and oxygen atoms in total. The molecular formula is C25H21NO4. The topological polar surface area (TPSA) is 79.5 Å². The van der Waals surface area contributed by atoms with Gasteiger partial charge >= 0.3 is 5.97 Å². The van der Waals surface area contributed by atoms with E-state index in [1.54, 1.807) is 31.4 Å². The molecule has 0 heterocycles. The van der Waals surface area contributed by atoms with Crippen LogP contribution in [0.2, 0.25) is 0 Å². The second kappa shape index (κ2) is 9.44. The van der Waals surface area contributed by atoms with Gasteiger partial charge in [0.05, 0.1) is 24.3 Å². The minimum atomic E-state index is -1.00. The van der Waals surface area contributed by atoms with Gasteiger partial charge in [0.25, 0.3) is 0 Å². The molecule has 0 aliphatic rings. The fourth-order valence-corrected chi connectivity index (χ4v) is 3.00. The standard InChI is InChI=1S/C25H21NO4/c1-17-4-3-5-19(12-17)16-30-23-11-6-18(14-24(23)29-2)13-22(15-26)20-7-9-21(10-8-20)25(27)28/h3-14H,16H2,1-2H3,(H,27,28)/b22-13-. The number of rotatable bonds is 7. The summed E-state index contributed by atoms with van der Waals surface area (Å²) in [6.07, 6.45) is 1.72. The summed E-state index contributed by atoms with van der Waals surface area (Å²) >= 11 is 0. The van der Waals surface area contributed by atoms with E-state index in [0.29, 0.717) is 29.2 Å². The number of hydrogen-bond donors (Lipinski definition) is 1. The molecule has 150 valence electrons. The lowest BCUT2D eigenvalue weighted by Crippen LogP contribution is -1.98. The number of carboxylic acid groups (broad SMARTS) is 1. The molecule has 3 aromatic carbocycles. The largest absolute Gasteiger partial charge is 0.493 e. The zero-order chi connectivity index (χ0) is 21.5. The molecule has 1 N–H and O–H groups in total. The van der Waals surface area contributed by atoms with Crippen LogP contribution < -0.4 is 9.47 Å². The monoisotopic (exact) mass is 399 g/mol. The lowest BCUT2D eigenvalue weighted by molar-refractivity contribution is 0.0697. The number of aromatic carboxylic acids is 1. The SMILES string of the molecule is COc1cc(/C=C(/C#N)c2ccc(C(=O)O)cc2)ccc1OCc1cccc(C)c1. The first-order chi connectivity index (χ1) is 14.5. The molecule has 0 bridgehead atoms. The predicted molar refractivity (Wildman–Crippen MR) is 115 cm³/mol. The molecule has 3 aromatic rings. The average Bonchev–Trinajstić information content (AvgIpc) is 2.76. The Labute approximate surface area is 175 Å². The van der Waals surface area contributed by atoms with Crippen molar-refractivity contribution in [3.63, 3.8) is 0 Å². The molecule has 0 spiro atoms. The minimum Gasteiger partial charge on any atom is -0.493 e. The molecule has 30 heavy (non-hydrogen) atoms. The molecule has 3 rings (SSSR count). The minimum absolute atomic E-state index is 0.174. The van der Waals surface area contributed by atoms with E-state index in [9.17, 15) is 10.1 Å². The van der Waals surface area contributed by atoms with Gasteiger partial charge in [-0.25, -0.2) is 4.79 Å². The van der Waals surface area contributed by atoms with Crippen LogP contribution in [0.15, 0.2) is 66.7 Å². The third kappa shape index (κ3) is 5.06. The van der Waals surface area contributed by atoms with E-state index in [1.807, 2.05) is 37.3 Å². The Bertz CT molecular complexity index is 1120. The van der Waals surface area contributed by atoms with Crippen molar-refractivity contribution in [3.8, 4) is 17.6 Å². The number of aryl methyl sites for hydroxylation is 1. The van der Waals surface area contributed by atoms with Gasteiger partial charge in [-0.3, -0.25) is 0 Å². The van der Waals surface area contributed by atoms with Gasteiger partial charge in [-0.05, 0) is 54.0 Å². The summed E-state index contributed by atoms with van der Waals surface area (Å²) in [7, 11) is 1.57. The molecule has 0 aromatic heterocycles. The smallest absolute Gasteiger partial charge is 0.335 e. The summed E-state index contributed by atoms with van der Waals surface area (Å²) in [4.78, 5) is 11.0. The molecule has 0 aliphatic heterocycles. The number of allylic oxidation sites excluding steroid dienone is 1. The van der Waals surface area contributed by atoms with Crippen LogP contribution in [0.1, 0.15) is 32.6 Å². The quantitative estimate of drug-likeness (QED) is 0.428. The molecule has 0 amide bonds. The Hall–Kier alpha value is -4.04. The van der Waals surface area contributed by atoms with Crippen LogP contribution in [-0.4, -0.2) is 18.2 Å². The Morgan fingerprint density at radius 2 is 1.77 bits per heavy atom. The number of carbonyl (C=O) groups is 1. The van der Waals surface area contributed by atoms with Crippen LogP contribution in [0.4, 0.5) is 0 Å². The van der Waals surface area contributed by atoms with E-state index in [1.165, 1.54) is 17.7 Å². The summed E-state index contributed by atoms with van der Waals surface area (Å²) in [6.45, 7) is 2.46. The van der Waals surface area contributed by atoms with E-state index < -0.39 is 5.97 Å².